The van der Waals surface area contributed by atoms with Crippen LogP contribution in [0.2, 0.25) is 0 Å². The van der Waals surface area contributed by atoms with E-state index in [4.69, 9.17) is 9.47 Å². The number of para-hydroxylation sites is 1. The zero-order valence-electron chi connectivity index (χ0n) is 13.6. The third-order valence-electron chi connectivity index (χ3n) is 3.13. The fraction of sp³-hybridized carbons (Fsp3) is 0.333. The number of rotatable bonds is 7. The van der Waals surface area contributed by atoms with Gasteiger partial charge in [-0.15, -0.1) is 0 Å². The topological polar surface area (TPSA) is 99.5 Å². The number of hydrogen-bond donors (Lipinski definition) is 1. The molecule has 0 spiro atoms. The Labute approximate surface area is 140 Å². The molecule has 0 aliphatic carbocycles. The summed E-state index contributed by atoms with van der Waals surface area (Å²) >= 11 is 0. The monoisotopic (exact) mass is 353 g/mol. The van der Waals surface area contributed by atoms with E-state index in [-0.39, 0.29) is 0 Å². The largest absolute Gasteiger partial charge is 0.493 e. The number of hydrogen-bond acceptors (Lipinski definition) is 6. The molecule has 0 bridgehead atoms. The zero-order chi connectivity index (χ0) is 17.7. The quantitative estimate of drug-likeness (QED) is 0.795. The molecule has 2 aromatic rings. The number of anilines is 1. The van der Waals surface area contributed by atoms with Crippen LogP contribution in [-0.4, -0.2) is 50.3 Å². The minimum absolute atomic E-state index is 0.405. The maximum Gasteiger partial charge on any atom is 0.239 e. The predicted molar refractivity (Wildman–Crippen MR) is 89.2 cm³/mol. The molecule has 2 rings (SSSR count). The Kier molecular flexibility index (Phi) is 5.45. The van der Waals surface area contributed by atoms with Crippen LogP contribution in [0.25, 0.3) is 0 Å². The van der Waals surface area contributed by atoms with Crippen LogP contribution in [0, 0.1) is 0 Å². The van der Waals surface area contributed by atoms with Crippen molar-refractivity contribution in [3.05, 3.63) is 36.2 Å². The molecular weight excluding hydrogens is 334 g/mol. The first-order valence-electron chi connectivity index (χ1n) is 7.02. The summed E-state index contributed by atoms with van der Waals surface area (Å²) in [6, 6.07) is 5.52. The van der Waals surface area contributed by atoms with Crippen molar-refractivity contribution >= 4 is 21.4 Å². The lowest BCUT2D eigenvalue weighted by atomic mass is 10.2. The Morgan fingerprint density at radius 3 is 2.67 bits per heavy atom. The molecule has 1 aromatic carbocycles. The molecular formula is C15H19N3O5S. The number of carbonyl (C=O) groups is 1. The first kappa shape index (κ1) is 17.8. The van der Waals surface area contributed by atoms with Gasteiger partial charge in [0.25, 0.3) is 0 Å². The second kappa shape index (κ2) is 7.35. The minimum atomic E-state index is -3.37. The Bertz CT molecular complexity index is 829. The molecule has 1 heterocycles. The van der Waals surface area contributed by atoms with Gasteiger partial charge in [0.1, 0.15) is 5.75 Å². The molecule has 1 amide bonds. The summed E-state index contributed by atoms with van der Waals surface area (Å²) in [5.74, 6) is 0.0556. The molecule has 0 saturated heterocycles. The summed E-state index contributed by atoms with van der Waals surface area (Å²) in [6.45, 7) is 0.405. The van der Waals surface area contributed by atoms with Crippen molar-refractivity contribution in [1.82, 2.24) is 9.78 Å². The zero-order valence-corrected chi connectivity index (χ0v) is 14.5. The number of amides is 1. The third-order valence-corrected chi connectivity index (χ3v) is 3.91. The van der Waals surface area contributed by atoms with Crippen LogP contribution in [0.3, 0.4) is 0 Å². The molecule has 0 aliphatic rings. The molecule has 24 heavy (non-hydrogen) atoms. The Morgan fingerprint density at radius 2 is 2.04 bits per heavy atom. The van der Waals surface area contributed by atoms with E-state index in [0.717, 1.165) is 11.8 Å². The molecule has 9 heteroatoms. The Morgan fingerprint density at radius 1 is 1.29 bits per heavy atom. The fourth-order valence-corrected chi connectivity index (χ4v) is 2.75. The molecule has 8 nitrogen and oxygen atoms in total. The fourth-order valence-electron chi connectivity index (χ4n) is 2.20. The van der Waals surface area contributed by atoms with Gasteiger partial charge in [0.2, 0.25) is 5.91 Å². The van der Waals surface area contributed by atoms with E-state index in [1.807, 2.05) is 12.1 Å². The van der Waals surface area contributed by atoms with Gasteiger partial charge in [0, 0.05) is 18.0 Å². The average Bonchev–Trinajstić information content (AvgIpc) is 2.91. The molecule has 1 aromatic heterocycles. The number of ether oxygens (including phenoxy) is 2. The maximum absolute atomic E-state index is 11.6. The molecule has 0 fully saturated rings. The molecule has 130 valence electrons. The Balaban J connectivity index is 2.11. The third kappa shape index (κ3) is 4.72. The second-order valence-corrected chi connectivity index (χ2v) is 7.34. The first-order chi connectivity index (χ1) is 11.3. The van der Waals surface area contributed by atoms with Crippen LogP contribution in [-0.2, 0) is 21.2 Å². The molecule has 0 radical (unpaired) electrons. The van der Waals surface area contributed by atoms with Gasteiger partial charge in [-0.1, -0.05) is 12.1 Å². The summed E-state index contributed by atoms with van der Waals surface area (Å²) < 4.78 is 34.4. The van der Waals surface area contributed by atoms with E-state index in [2.05, 4.69) is 10.4 Å². The number of methoxy groups -OCH3 is 2. The lowest BCUT2D eigenvalue weighted by Crippen LogP contribution is -2.21. The molecule has 0 unspecified atom stereocenters. The van der Waals surface area contributed by atoms with Gasteiger partial charge >= 0.3 is 0 Å². The standard InChI is InChI=1S/C15H19N3O5S/c1-22-13-6-4-5-11(15(13)23-2)8-18-9-12(7-16-18)17-14(19)10-24(3,20)21/h4-7,9H,8,10H2,1-3H3,(H,17,19). The summed E-state index contributed by atoms with van der Waals surface area (Å²) in [4.78, 5) is 11.6. The van der Waals surface area contributed by atoms with Gasteiger partial charge in [-0.05, 0) is 6.07 Å². The molecule has 1 N–H and O–H groups in total. The summed E-state index contributed by atoms with van der Waals surface area (Å²) in [5, 5.41) is 6.65. The lowest BCUT2D eigenvalue weighted by Gasteiger charge is -2.12. The van der Waals surface area contributed by atoms with Crippen molar-refractivity contribution in [1.29, 1.82) is 0 Å². The van der Waals surface area contributed by atoms with Crippen LogP contribution < -0.4 is 14.8 Å². The number of aromatic nitrogens is 2. The minimum Gasteiger partial charge on any atom is -0.493 e. The number of sulfone groups is 1. The van der Waals surface area contributed by atoms with Crippen molar-refractivity contribution in [2.75, 3.05) is 31.5 Å². The van der Waals surface area contributed by atoms with Gasteiger partial charge in [-0.3, -0.25) is 9.48 Å². The van der Waals surface area contributed by atoms with Crippen molar-refractivity contribution in [3.63, 3.8) is 0 Å². The van der Waals surface area contributed by atoms with E-state index >= 15 is 0 Å². The van der Waals surface area contributed by atoms with E-state index < -0.39 is 21.5 Å². The van der Waals surface area contributed by atoms with E-state index in [9.17, 15) is 13.2 Å². The number of nitrogens with one attached hydrogen (secondary N) is 1. The lowest BCUT2D eigenvalue weighted by molar-refractivity contribution is -0.113. The van der Waals surface area contributed by atoms with Gasteiger partial charge in [-0.2, -0.15) is 5.10 Å². The van der Waals surface area contributed by atoms with Crippen molar-refractivity contribution < 1.29 is 22.7 Å². The second-order valence-electron chi connectivity index (χ2n) is 5.20. The van der Waals surface area contributed by atoms with Crippen LogP contribution >= 0.6 is 0 Å². The molecule has 0 aliphatic heterocycles. The van der Waals surface area contributed by atoms with Gasteiger partial charge in [-0.25, -0.2) is 8.42 Å². The first-order valence-corrected chi connectivity index (χ1v) is 9.08. The smallest absolute Gasteiger partial charge is 0.239 e. The molecule has 0 saturated carbocycles. The van der Waals surface area contributed by atoms with Gasteiger partial charge < -0.3 is 14.8 Å². The highest BCUT2D eigenvalue weighted by Crippen LogP contribution is 2.31. The van der Waals surface area contributed by atoms with Gasteiger partial charge in [0.05, 0.1) is 32.6 Å². The highest BCUT2D eigenvalue weighted by molar-refractivity contribution is 7.91. The maximum atomic E-state index is 11.6. The van der Waals surface area contributed by atoms with Gasteiger partial charge in [0.15, 0.2) is 21.3 Å². The van der Waals surface area contributed by atoms with Crippen LogP contribution in [0.4, 0.5) is 5.69 Å². The van der Waals surface area contributed by atoms with E-state index in [1.54, 1.807) is 31.2 Å². The molecule has 0 atom stereocenters. The number of carbonyl (C=O) groups excluding carboxylic acids is 1. The highest BCUT2D eigenvalue weighted by atomic mass is 32.2. The predicted octanol–water partition coefficient (Wildman–Crippen LogP) is 0.932. The normalized spacial score (nSPS) is 11.1. The summed E-state index contributed by atoms with van der Waals surface area (Å²) in [5.41, 5.74) is 1.28. The van der Waals surface area contributed by atoms with Crippen molar-refractivity contribution in [2.45, 2.75) is 6.54 Å². The van der Waals surface area contributed by atoms with Crippen LogP contribution in [0.15, 0.2) is 30.6 Å². The Hall–Kier alpha value is -2.55. The SMILES string of the molecule is COc1cccc(Cn2cc(NC(=O)CS(C)(=O)=O)cn2)c1OC. The van der Waals surface area contributed by atoms with Crippen molar-refractivity contribution in [3.8, 4) is 11.5 Å². The number of benzene rings is 1. The van der Waals surface area contributed by atoms with Crippen LogP contribution in [0.1, 0.15) is 5.56 Å². The van der Waals surface area contributed by atoms with Crippen molar-refractivity contribution in [2.24, 2.45) is 0 Å². The highest BCUT2D eigenvalue weighted by Gasteiger charge is 2.13. The number of nitrogens with zero attached hydrogens (tertiary/aromatic N) is 2. The van der Waals surface area contributed by atoms with E-state index in [0.29, 0.717) is 23.7 Å². The van der Waals surface area contributed by atoms with E-state index in [1.165, 1.54) is 6.20 Å². The average molecular weight is 353 g/mol. The summed E-state index contributed by atoms with van der Waals surface area (Å²) in [7, 11) is -0.254. The summed E-state index contributed by atoms with van der Waals surface area (Å²) in [6.07, 6.45) is 4.07. The van der Waals surface area contributed by atoms with Crippen LogP contribution in [0.5, 0.6) is 11.5 Å².